The molecule has 106 valence electrons. The molecule has 1 rings (SSSR count). The predicted molar refractivity (Wildman–Crippen MR) is 75.2 cm³/mol. The molecule has 19 heavy (non-hydrogen) atoms. The molecule has 0 fully saturated rings. The summed E-state index contributed by atoms with van der Waals surface area (Å²) in [6.45, 7) is 3.87. The number of aliphatic hydroxyl groups is 1. The van der Waals surface area contributed by atoms with Crippen LogP contribution in [0.4, 0.5) is 5.69 Å². The largest absolute Gasteiger partial charge is 0.396 e. The summed E-state index contributed by atoms with van der Waals surface area (Å²) >= 11 is 0. The van der Waals surface area contributed by atoms with Gasteiger partial charge in [0.1, 0.15) is 0 Å². The van der Waals surface area contributed by atoms with Crippen LogP contribution in [0.1, 0.15) is 25.3 Å². The smallest absolute Gasteiger partial charge is 0.272 e. The first-order valence-electron chi connectivity index (χ1n) is 6.72. The lowest BCUT2D eigenvalue weighted by atomic mass is 10.0. The van der Waals surface area contributed by atoms with Crippen LogP contribution < -0.4 is 5.32 Å². The minimum atomic E-state index is -0.337. The van der Waals surface area contributed by atoms with E-state index in [0.717, 1.165) is 24.9 Å². The average molecular weight is 266 g/mol. The molecule has 2 N–H and O–H groups in total. The fourth-order valence-electron chi connectivity index (χ4n) is 2.06. The van der Waals surface area contributed by atoms with Crippen LogP contribution in [0.2, 0.25) is 0 Å². The summed E-state index contributed by atoms with van der Waals surface area (Å²) in [4.78, 5) is 10.5. The van der Waals surface area contributed by atoms with Crippen molar-refractivity contribution in [3.05, 3.63) is 39.9 Å². The van der Waals surface area contributed by atoms with E-state index < -0.39 is 0 Å². The molecule has 0 aliphatic heterocycles. The topological polar surface area (TPSA) is 75.4 Å². The minimum absolute atomic E-state index is 0.187. The maximum atomic E-state index is 10.9. The molecular weight excluding hydrogens is 244 g/mol. The van der Waals surface area contributed by atoms with Crippen LogP contribution >= 0.6 is 0 Å². The van der Waals surface area contributed by atoms with Crippen molar-refractivity contribution >= 4 is 5.69 Å². The third kappa shape index (κ3) is 5.36. The van der Waals surface area contributed by atoms with E-state index >= 15 is 0 Å². The van der Waals surface area contributed by atoms with Gasteiger partial charge in [0.25, 0.3) is 5.69 Å². The maximum Gasteiger partial charge on any atom is 0.272 e. The normalized spacial score (nSPS) is 12.3. The van der Waals surface area contributed by atoms with Gasteiger partial charge in [-0.05, 0) is 31.8 Å². The van der Waals surface area contributed by atoms with Gasteiger partial charge in [-0.1, -0.05) is 31.5 Å². The second-order valence-electron chi connectivity index (χ2n) is 4.63. The highest BCUT2D eigenvalue weighted by Gasteiger charge is 2.11. The molecule has 1 atom stereocenters. The van der Waals surface area contributed by atoms with Crippen LogP contribution in [0.15, 0.2) is 24.3 Å². The number of aliphatic hydroxyl groups excluding tert-OH is 1. The van der Waals surface area contributed by atoms with E-state index in [1.54, 1.807) is 12.1 Å². The molecule has 0 spiro atoms. The Bertz CT molecular complexity index is 396. The van der Waals surface area contributed by atoms with Crippen molar-refractivity contribution in [2.75, 3.05) is 19.7 Å². The summed E-state index contributed by atoms with van der Waals surface area (Å²) in [7, 11) is 0. The van der Waals surface area contributed by atoms with Gasteiger partial charge in [0.15, 0.2) is 0 Å². The highest BCUT2D eigenvalue weighted by atomic mass is 16.6. The van der Waals surface area contributed by atoms with Crippen LogP contribution in [0.5, 0.6) is 0 Å². The highest BCUT2D eigenvalue weighted by Crippen LogP contribution is 2.17. The van der Waals surface area contributed by atoms with Crippen molar-refractivity contribution in [2.24, 2.45) is 5.92 Å². The third-order valence-corrected chi connectivity index (χ3v) is 3.31. The van der Waals surface area contributed by atoms with Gasteiger partial charge in [-0.25, -0.2) is 0 Å². The number of nitro groups is 1. The van der Waals surface area contributed by atoms with Crippen molar-refractivity contribution in [1.29, 1.82) is 0 Å². The first kappa shape index (κ1) is 15.6. The minimum Gasteiger partial charge on any atom is -0.396 e. The lowest BCUT2D eigenvalue weighted by Gasteiger charge is -2.14. The first-order valence-corrected chi connectivity index (χ1v) is 6.72. The molecule has 0 saturated carbocycles. The molecule has 5 heteroatoms. The molecule has 0 aliphatic carbocycles. The maximum absolute atomic E-state index is 10.9. The van der Waals surface area contributed by atoms with Crippen LogP contribution in [0.25, 0.3) is 0 Å². The molecular formula is C14H22N2O3. The second-order valence-corrected chi connectivity index (χ2v) is 4.63. The number of nitrogens with one attached hydrogen (secondary N) is 1. The Morgan fingerprint density at radius 2 is 2.16 bits per heavy atom. The number of hydrogen-bond acceptors (Lipinski definition) is 4. The van der Waals surface area contributed by atoms with E-state index in [0.29, 0.717) is 18.9 Å². The summed E-state index contributed by atoms with van der Waals surface area (Å²) in [6.07, 6.45) is 2.47. The predicted octanol–water partition coefficient (Wildman–Crippen LogP) is 2.14. The number of nitrogens with zero attached hydrogens (tertiary/aromatic N) is 1. The van der Waals surface area contributed by atoms with Gasteiger partial charge in [0, 0.05) is 18.2 Å². The van der Waals surface area contributed by atoms with E-state index in [-0.39, 0.29) is 17.2 Å². The van der Waals surface area contributed by atoms with Crippen LogP contribution in [-0.2, 0) is 6.42 Å². The van der Waals surface area contributed by atoms with Crippen molar-refractivity contribution in [2.45, 2.75) is 26.2 Å². The number of rotatable bonds is 9. The zero-order chi connectivity index (χ0) is 14.1. The van der Waals surface area contributed by atoms with Gasteiger partial charge in [-0.15, -0.1) is 0 Å². The molecule has 5 nitrogen and oxygen atoms in total. The molecule has 0 amide bonds. The summed E-state index contributed by atoms with van der Waals surface area (Å²) in [5.74, 6) is 0.468. The van der Waals surface area contributed by atoms with Gasteiger partial charge in [-0.2, -0.15) is 0 Å². The molecule has 1 aromatic carbocycles. The Morgan fingerprint density at radius 1 is 1.42 bits per heavy atom. The zero-order valence-electron chi connectivity index (χ0n) is 11.3. The van der Waals surface area contributed by atoms with Crippen LogP contribution in [0, 0.1) is 16.0 Å². The zero-order valence-corrected chi connectivity index (χ0v) is 11.3. The number of nitro benzene ring substituents is 1. The summed E-state index contributed by atoms with van der Waals surface area (Å²) in [6, 6.07) is 6.84. The molecule has 1 unspecified atom stereocenters. The molecule has 0 saturated heterocycles. The van der Waals surface area contributed by atoms with Crippen molar-refractivity contribution in [3.63, 3.8) is 0 Å². The van der Waals surface area contributed by atoms with E-state index in [1.165, 1.54) is 6.07 Å². The Balaban J connectivity index is 2.39. The number of hydrogen-bond donors (Lipinski definition) is 2. The molecule has 0 bridgehead atoms. The molecule has 0 aromatic heterocycles. The van der Waals surface area contributed by atoms with E-state index in [4.69, 9.17) is 5.11 Å². The van der Waals surface area contributed by atoms with Crippen LogP contribution in [-0.4, -0.2) is 29.7 Å². The fourth-order valence-corrected chi connectivity index (χ4v) is 2.06. The van der Waals surface area contributed by atoms with Gasteiger partial charge < -0.3 is 10.4 Å². The van der Waals surface area contributed by atoms with Gasteiger partial charge in [-0.3, -0.25) is 10.1 Å². The summed E-state index contributed by atoms with van der Waals surface area (Å²) < 4.78 is 0. The summed E-state index contributed by atoms with van der Waals surface area (Å²) in [5.41, 5.74) is 0.946. The van der Waals surface area contributed by atoms with Gasteiger partial charge >= 0.3 is 0 Å². The first-order chi connectivity index (χ1) is 9.19. The van der Waals surface area contributed by atoms with Gasteiger partial charge in [0.2, 0.25) is 0 Å². The third-order valence-electron chi connectivity index (χ3n) is 3.31. The molecule has 0 heterocycles. The SMILES string of the molecule is CCC(CCO)CNCCc1ccccc1[N+](=O)[O-]. The number of para-hydroxylation sites is 1. The lowest BCUT2D eigenvalue weighted by molar-refractivity contribution is -0.385. The highest BCUT2D eigenvalue weighted by molar-refractivity contribution is 5.39. The Hall–Kier alpha value is -1.46. The van der Waals surface area contributed by atoms with Crippen LogP contribution in [0.3, 0.4) is 0 Å². The van der Waals surface area contributed by atoms with E-state index in [9.17, 15) is 10.1 Å². The van der Waals surface area contributed by atoms with Crippen molar-refractivity contribution in [1.82, 2.24) is 5.32 Å². The fraction of sp³-hybridized carbons (Fsp3) is 0.571. The standard InChI is InChI=1S/C14H22N2O3/c1-2-12(8-10-17)11-15-9-7-13-5-3-4-6-14(13)16(18)19/h3-6,12,15,17H,2,7-11H2,1H3. The average Bonchev–Trinajstić information content (AvgIpc) is 2.42. The Morgan fingerprint density at radius 3 is 2.79 bits per heavy atom. The lowest BCUT2D eigenvalue weighted by Crippen LogP contribution is -2.25. The number of benzene rings is 1. The quantitative estimate of drug-likeness (QED) is 0.408. The van der Waals surface area contributed by atoms with E-state index in [1.807, 2.05) is 6.07 Å². The molecule has 0 radical (unpaired) electrons. The Kier molecular flexibility index (Phi) is 7.07. The van der Waals surface area contributed by atoms with Crippen molar-refractivity contribution in [3.8, 4) is 0 Å². The molecule has 0 aliphatic rings. The summed E-state index contributed by atoms with van der Waals surface area (Å²) in [5, 5.41) is 23.1. The Labute approximate surface area is 113 Å². The monoisotopic (exact) mass is 266 g/mol. The van der Waals surface area contributed by atoms with Gasteiger partial charge in [0.05, 0.1) is 4.92 Å². The second kappa shape index (κ2) is 8.61. The van der Waals surface area contributed by atoms with E-state index in [2.05, 4.69) is 12.2 Å². The molecule has 1 aromatic rings. The van der Waals surface area contributed by atoms with Crippen molar-refractivity contribution < 1.29 is 10.0 Å².